The van der Waals surface area contributed by atoms with Crippen molar-refractivity contribution in [3.05, 3.63) is 0 Å². The van der Waals surface area contributed by atoms with Crippen molar-refractivity contribution in [2.45, 2.75) is 51.5 Å². The van der Waals surface area contributed by atoms with Crippen LogP contribution in [0, 0.1) is 17.8 Å². The van der Waals surface area contributed by atoms with Crippen molar-refractivity contribution >= 4 is 6.03 Å². The number of urea groups is 1. The molecule has 3 nitrogen and oxygen atoms in total. The first kappa shape index (κ1) is 10.8. The van der Waals surface area contributed by atoms with Crippen LogP contribution in [0.1, 0.15) is 46.0 Å². The first-order chi connectivity index (χ1) is 6.97. The second-order valence-corrected chi connectivity index (χ2v) is 6.00. The Labute approximate surface area is 91.8 Å². The fourth-order valence-corrected chi connectivity index (χ4v) is 3.99. The Hall–Kier alpha value is -0.730. The van der Waals surface area contributed by atoms with Crippen molar-refractivity contribution in [1.82, 2.24) is 5.32 Å². The molecule has 2 bridgehead atoms. The average molecular weight is 210 g/mol. The van der Waals surface area contributed by atoms with Crippen LogP contribution < -0.4 is 11.1 Å². The van der Waals surface area contributed by atoms with Crippen LogP contribution in [0.4, 0.5) is 4.79 Å². The number of carbonyl (C=O) groups excluding carboxylic acids is 1. The molecule has 0 aromatic carbocycles. The number of nitrogens with one attached hydrogen (secondary N) is 1. The van der Waals surface area contributed by atoms with Crippen LogP contribution in [-0.2, 0) is 0 Å². The lowest BCUT2D eigenvalue weighted by molar-refractivity contribution is 0.0792. The predicted molar refractivity (Wildman–Crippen MR) is 60.4 cm³/mol. The zero-order valence-corrected chi connectivity index (χ0v) is 9.75. The monoisotopic (exact) mass is 210 g/mol. The maximum atomic E-state index is 11.0. The van der Waals surface area contributed by atoms with E-state index in [0.717, 1.165) is 30.6 Å². The minimum absolute atomic E-state index is 0.0421. The lowest BCUT2D eigenvalue weighted by Crippen LogP contribution is -2.54. The number of hydrogen-bond donors (Lipinski definition) is 2. The molecule has 3 unspecified atom stereocenters. The lowest BCUT2D eigenvalue weighted by atomic mass is 9.63. The van der Waals surface area contributed by atoms with Crippen LogP contribution in [0.15, 0.2) is 0 Å². The fourth-order valence-electron chi connectivity index (χ4n) is 3.99. The maximum absolute atomic E-state index is 11.0. The van der Waals surface area contributed by atoms with Gasteiger partial charge in [0.15, 0.2) is 0 Å². The molecule has 0 spiro atoms. The summed E-state index contributed by atoms with van der Waals surface area (Å²) in [6, 6.07) is -0.370. The molecule has 2 fully saturated rings. The Bertz CT molecular complexity index is 246. The highest BCUT2D eigenvalue weighted by molar-refractivity contribution is 5.72. The van der Waals surface area contributed by atoms with Crippen molar-refractivity contribution < 1.29 is 4.79 Å². The molecule has 4 atom stereocenters. The number of primary amides is 1. The molecule has 2 amide bonds. The lowest BCUT2D eigenvalue weighted by Gasteiger charge is -2.47. The van der Waals surface area contributed by atoms with Crippen LogP contribution in [0.2, 0.25) is 0 Å². The van der Waals surface area contributed by atoms with Crippen LogP contribution in [0.3, 0.4) is 0 Å². The van der Waals surface area contributed by atoms with Crippen molar-refractivity contribution in [2.75, 3.05) is 0 Å². The molecule has 2 aliphatic rings. The number of nitrogens with two attached hydrogens (primary N) is 1. The summed E-state index contributed by atoms with van der Waals surface area (Å²) < 4.78 is 0. The minimum Gasteiger partial charge on any atom is -0.352 e. The standard InChI is InChI=1S/C12H22N2O/c1-8-3-9-5-10(4-8)7-12(2,6-9)14-11(13)15/h8-10H,3-7H2,1-2H3,(H3,13,14,15)/t8?,9-,10?,12?/m0/s1. The molecular weight excluding hydrogens is 188 g/mol. The first-order valence-corrected chi connectivity index (χ1v) is 6.04. The summed E-state index contributed by atoms with van der Waals surface area (Å²) in [5.74, 6) is 2.46. The topological polar surface area (TPSA) is 55.1 Å². The van der Waals surface area contributed by atoms with Gasteiger partial charge in [0.05, 0.1) is 0 Å². The summed E-state index contributed by atoms with van der Waals surface area (Å²) in [4.78, 5) is 11.0. The van der Waals surface area contributed by atoms with Gasteiger partial charge >= 0.3 is 6.03 Å². The number of fused-ring (bicyclic) bond motifs is 2. The number of hydrogen-bond acceptors (Lipinski definition) is 1. The van der Waals surface area contributed by atoms with E-state index in [0.29, 0.717) is 0 Å². The van der Waals surface area contributed by atoms with E-state index in [2.05, 4.69) is 19.2 Å². The zero-order valence-electron chi connectivity index (χ0n) is 9.75. The molecule has 0 radical (unpaired) electrons. The molecule has 0 heterocycles. The molecule has 2 aliphatic carbocycles. The van der Waals surface area contributed by atoms with Gasteiger partial charge in [-0.25, -0.2) is 4.79 Å². The molecule has 0 aliphatic heterocycles. The fraction of sp³-hybridized carbons (Fsp3) is 0.917. The third kappa shape index (κ3) is 2.44. The summed E-state index contributed by atoms with van der Waals surface area (Å²) in [5.41, 5.74) is 5.19. The SMILES string of the molecule is CC1CC2C[C@H](C1)CC(C)(NC(N)=O)C2. The van der Waals surface area contributed by atoms with Gasteiger partial charge in [0.1, 0.15) is 0 Å². The highest BCUT2D eigenvalue weighted by Crippen LogP contribution is 2.46. The summed E-state index contributed by atoms with van der Waals surface area (Å²) in [7, 11) is 0. The molecule has 15 heavy (non-hydrogen) atoms. The molecule has 3 heteroatoms. The Kier molecular flexibility index (Phi) is 2.65. The largest absolute Gasteiger partial charge is 0.352 e. The Balaban J connectivity index is 2.03. The van der Waals surface area contributed by atoms with Crippen LogP contribution >= 0.6 is 0 Å². The molecular formula is C12H22N2O. The number of carbonyl (C=O) groups is 1. The summed E-state index contributed by atoms with van der Waals surface area (Å²) >= 11 is 0. The Morgan fingerprint density at radius 1 is 1.27 bits per heavy atom. The quantitative estimate of drug-likeness (QED) is 0.685. The van der Waals surface area contributed by atoms with E-state index in [1.54, 1.807) is 0 Å². The van der Waals surface area contributed by atoms with E-state index in [-0.39, 0.29) is 11.6 Å². The second-order valence-electron chi connectivity index (χ2n) is 6.00. The smallest absolute Gasteiger partial charge is 0.312 e. The highest BCUT2D eigenvalue weighted by atomic mass is 16.2. The molecule has 0 aromatic rings. The van der Waals surface area contributed by atoms with Gasteiger partial charge in [-0.3, -0.25) is 0 Å². The van der Waals surface area contributed by atoms with Crippen molar-refractivity contribution in [3.63, 3.8) is 0 Å². The number of amides is 2. The van der Waals surface area contributed by atoms with Crippen molar-refractivity contribution in [3.8, 4) is 0 Å². The zero-order chi connectivity index (χ0) is 11.1. The van der Waals surface area contributed by atoms with E-state index in [9.17, 15) is 4.79 Å². The van der Waals surface area contributed by atoms with Crippen molar-refractivity contribution in [2.24, 2.45) is 23.5 Å². The number of rotatable bonds is 1. The highest BCUT2D eigenvalue weighted by Gasteiger charge is 2.41. The molecule has 2 saturated carbocycles. The van der Waals surface area contributed by atoms with E-state index in [1.165, 1.54) is 19.3 Å². The van der Waals surface area contributed by atoms with Crippen molar-refractivity contribution in [1.29, 1.82) is 0 Å². The average Bonchev–Trinajstić information content (AvgIpc) is 1.96. The maximum Gasteiger partial charge on any atom is 0.312 e. The van der Waals surface area contributed by atoms with Gasteiger partial charge in [0.25, 0.3) is 0 Å². The molecule has 0 aromatic heterocycles. The van der Waals surface area contributed by atoms with Gasteiger partial charge in [-0.2, -0.15) is 0 Å². The second kappa shape index (κ2) is 3.69. The molecule has 86 valence electrons. The van der Waals surface area contributed by atoms with Crippen LogP contribution in [0.5, 0.6) is 0 Å². The minimum atomic E-state index is -0.370. The molecule has 0 saturated heterocycles. The van der Waals surface area contributed by atoms with Gasteiger partial charge in [-0.05, 0) is 56.8 Å². The third-order valence-corrected chi connectivity index (χ3v) is 4.04. The van der Waals surface area contributed by atoms with Crippen LogP contribution in [0.25, 0.3) is 0 Å². The first-order valence-electron chi connectivity index (χ1n) is 6.04. The van der Waals surface area contributed by atoms with Gasteiger partial charge in [-0.1, -0.05) is 6.92 Å². The van der Waals surface area contributed by atoms with Gasteiger partial charge in [0, 0.05) is 5.54 Å². The Morgan fingerprint density at radius 3 is 2.27 bits per heavy atom. The predicted octanol–water partition coefficient (Wildman–Crippen LogP) is 2.26. The van der Waals surface area contributed by atoms with E-state index >= 15 is 0 Å². The van der Waals surface area contributed by atoms with Crippen LogP contribution in [-0.4, -0.2) is 11.6 Å². The van der Waals surface area contributed by atoms with E-state index in [4.69, 9.17) is 5.73 Å². The third-order valence-electron chi connectivity index (χ3n) is 4.04. The van der Waals surface area contributed by atoms with Gasteiger partial charge in [-0.15, -0.1) is 0 Å². The normalized spacial score (nSPS) is 44.8. The van der Waals surface area contributed by atoms with Gasteiger partial charge in [0.2, 0.25) is 0 Å². The summed E-state index contributed by atoms with van der Waals surface area (Å²) in [6.45, 7) is 4.50. The Morgan fingerprint density at radius 2 is 1.80 bits per heavy atom. The molecule has 3 N–H and O–H groups in total. The van der Waals surface area contributed by atoms with E-state index in [1.807, 2.05) is 0 Å². The van der Waals surface area contributed by atoms with E-state index < -0.39 is 0 Å². The summed E-state index contributed by atoms with van der Waals surface area (Å²) in [5, 5.41) is 2.94. The van der Waals surface area contributed by atoms with Gasteiger partial charge < -0.3 is 11.1 Å². The summed E-state index contributed by atoms with van der Waals surface area (Å²) in [6.07, 6.45) is 6.23. The molecule has 2 rings (SSSR count).